The number of carbonyl (C=O) groups is 2. The highest BCUT2D eigenvalue weighted by Crippen LogP contribution is 2.33. The van der Waals surface area contributed by atoms with Gasteiger partial charge in [-0.3, -0.25) is 4.79 Å². The molecule has 6 N–H and O–H groups in total. The first-order valence-corrected chi connectivity index (χ1v) is 12.3. The van der Waals surface area contributed by atoms with E-state index in [0.717, 1.165) is 0 Å². The standard InChI is InChI=1S/C25H33N7O6/c1-25(2,3)38-24(36)27-9-4-10-37-15-7-5-14(6-8-15)23(35)31-16-11-17(20(34)19(16)33)32-13-30-18-21(26)28-12-29-22(18)32/h5-8,12-13,16-17,19-20,33-34H,4,9-11H2,1-3H3,(H,27,36)(H,31,35)(H2,26,28,29)/t16-,17+,19-,20+/m1/s1. The first-order chi connectivity index (χ1) is 18.0. The van der Waals surface area contributed by atoms with Gasteiger partial charge in [-0.15, -0.1) is 0 Å². The number of anilines is 1. The molecule has 1 aromatic carbocycles. The van der Waals surface area contributed by atoms with E-state index in [1.54, 1.807) is 49.6 Å². The van der Waals surface area contributed by atoms with Gasteiger partial charge in [0.2, 0.25) is 0 Å². The van der Waals surface area contributed by atoms with Crippen LogP contribution in [0.5, 0.6) is 5.75 Å². The maximum absolute atomic E-state index is 12.8. The molecule has 0 spiro atoms. The van der Waals surface area contributed by atoms with Crippen LogP contribution in [0.25, 0.3) is 11.2 Å². The van der Waals surface area contributed by atoms with Crippen LogP contribution in [0.4, 0.5) is 10.6 Å². The van der Waals surface area contributed by atoms with Gasteiger partial charge in [-0.25, -0.2) is 19.7 Å². The molecule has 2 amide bonds. The lowest BCUT2D eigenvalue weighted by atomic mass is 10.1. The number of hydrogen-bond donors (Lipinski definition) is 5. The zero-order valence-corrected chi connectivity index (χ0v) is 21.5. The van der Waals surface area contributed by atoms with Gasteiger partial charge in [0.15, 0.2) is 11.5 Å². The number of fused-ring (bicyclic) bond motifs is 1. The van der Waals surface area contributed by atoms with Gasteiger partial charge >= 0.3 is 6.09 Å². The third-order valence-corrected chi connectivity index (χ3v) is 6.09. The quantitative estimate of drug-likeness (QED) is 0.266. The van der Waals surface area contributed by atoms with Gasteiger partial charge in [-0.1, -0.05) is 0 Å². The average Bonchev–Trinajstić information content (AvgIpc) is 3.40. The van der Waals surface area contributed by atoms with Crippen LogP contribution < -0.4 is 21.1 Å². The summed E-state index contributed by atoms with van der Waals surface area (Å²) in [6, 6.07) is 5.31. The summed E-state index contributed by atoms with van der Waals surface area (Å²) >= 11 is 0. The van der Waals surface area contributed by atoms with Crippen molar-refractivity contribution in [3.63, 3.8) is 0 Å². The van der Waals surface area contributed by atoms with Crippen LogP contribution in [0.1, 0.15) is 50.0 Å². The van der Waals surface area contributed by atoms with Crippen LogP contribution in [-0.2, 0) is 4.74 Å². The van der Waals surface area contributed by atoms with Crippen molar-refractivity contribution < 1.29 is 29.3 Å². The molecule has 1 aliphatic rings. The van der Waals surface area contributed by atoms with Crippen molar-refractivity contribution in [2.45, 2.75) is 63.5 Å². The molecule has 4 rings (SSSR count). The van der Waals surface area contributed by atoms with E-state index in [-0.39, 0.29) is 12.2 Å². The molecule has 1 saturated carbocycles. The summed E-state index contributed by atoms with van der Waals surface area (Å²) < 4.78 is 12.5. The zero-order chi connectivity index (χ0) is 27.4. The van der Waals surface area contributed by atoms with Crippen molar-refractivity contribution >= 4 is 29.0 Å². The molecule has 13 heteroatoms. The summed E-state index contributed by atoms with van der Waals surface area (Å²) in [4.78, 5) is 36.8. The first kappa shape index (κ1) is 27.1. The number of ether oxygens (including phenoxy) is 2. The number of nitrogens with two attached hydrogens (primary N) is 1. The van der Waals surface area contributed by atoms with Gasteiger partial charge in [0, 0.05) is 12.1 Å². The molecule has 0 unspecified atom stereocenters. The highest BCUT2D eigenvalue weighted by molar-refractivity contribution is 5.94. The molecular weight excluding hydrogens is 494 g/mol. The van der Waals surface area contributed by atoms with Crippen molar-refractivity contribution in [2.75, 3.05) is 18.9 Å². The minimum Gasteiger partial charge on any atom is -0.494 e. The lowest BCUT2D eigenvalue weighted by molar-refractivity contribution is 0.0143. The van der Waals surface area contributed by atoms with E-state index in [0.29, 0.717) is 42.0 Å². The monoisotopic (exact) mass is 527 g/mol. The predicted molar refractivity (Wildman–Crippen MR) is 137 cm³/mol. The lowest BCUT2D eigenvalue weighted by Crippen LogP contribution is -2.43. The molecule has 1 fully saturated rings. The smallest absolute Gasteiger partial charge is 0.407 e. The van der Waals surface area contributed by atoms with Crippen molar-refractivity contribution in [3.05, 3.63) is 42.5 Å². The van der Waals surface area contributed by atoms with E-state index in [9.17, 15) is 19.8 Å². The van der Waals surface area contributed by atoms with E-state index in [2.05, 4.69) is 25.6 Å². The maximum atomic E-state index is 12.8. The second-order valence-corrected chi connectivity index (χ2v) is 10.1. The summed E-state index contributed by atoms with van der Waals surface area (Å²) in [7, 11) is 0. The van der Waals surface area contributed by atoms with E-state index >= 15 is 0 Å². The van der Waals surface area contributed by atoms with Crippen LogP contribution in [-0.4, -0.2) is 78.7 Å². The van der Waals surface area contributed by atoms with Crippen molar-refractivity contribution in [3.8, 4) is 5.75 Å². The number of benzene rings is 1. The van der Waals surface area contributed by atoms with Crippen LogP contribution >= 0.6 is 0 Å². The van der Waals surface area contributed by atoms with E-state index < -0.39 is 41.9 Å². The van der Waals surface area contributed by atoms with Gasteiger partial charge in [-0.05, 0) is 57.9 Å². The fraction of sp³-hybridized carbons (Fsp3) is 0.480. The summed E-state index contributed by atoms with van der Waals surface area (Å²) in [6.45, 7) is 6.16. The van der Waals surface area contributed by atoms with Crippen molar-refractivity contribution in [2.24, 2.45) is 0 Å². The molecule has 4 atom stereocenters. The Morgan fingerprint density at radius 2 is 1.87 bits per heavy atom. The second-order valence-electron chi connectivity index (χ2n) is 10.1. The number of alkyl carbamates (subject to hydrolysis) is 1. The van der Waals surface area contributed by atoms with Crippen LogP contribution in [0.15, 0.2) is 36.9 Å². The number of aliphatic hydroxyl groups is 2. The predicted octanol–water partition coefficient (Wildman–Crippen LogP) is 1.17. The summed E-state index contributed by atoms with van der Waals surface area (Å²) in [5.74, 6) is 0.400. The number of imidazole rings is 1. The van der Waals surface area contributed by atoms with Crippen LogP contribution in [0, 0.1) is 0 Å². The lowest BCUT2D eigenvalue weighted by Gasteiger charge is -2.19. The summed E-state index contributed by atoms with van der Waals surface area (Å²) in [5, 5.41) is 26.8. The van der Waals surface area contributed by atoms with Crippen molar-refractivity contribution in [1.82, 2.24) is 30.2 Å². The Morgan fingerprint density at radius 1 is 1.13 bits per heavy atom. The molecule has 13 nitrogen and oxygen atoms in total. The molecule has 0 aliphatic heterocycles. The van der Waals surface area contributed by atoms with E-state index in [4.69, 9.17) is 15.2 Å². The number of nitrogens with zero attached hydrogens (tertiary/aromatic N) is 4. The summed E-state index contributed by atoms with van der Waals surface area (Å²) in [5.41, 5.74) is 6.52. The number of nitrogen functional groups attached to an aromatic ring is 1. The molecule has 1 aliphatic carbocycles. The van der Waals surface area contributed by atoms with Gasteiger partial charge in [0.05, 0.1) is 25.0 Å². The molecule has 38 heavy (non-hydrogen) atoms. The average molecular weight is 528 g/mol. The minimum atomic E-state index is -1.18. The molecule has 2 heterocycles. The Morgan fingerprint density at radius 3 is 2.58 bits per heavy atom. The number of rotatable bonds is 8. The molecule has 3 aromatic rings. The van der Waals surface area contributed by atoms with Crippen LogP contribution in [0.2, 0.25) is 0 Å². The largest absolute Gasteiger partial charge is 0.494 e. The highest BCUT2D eigenvalue weighted by Gasteiger charge is 2.43. The molecule has 0 bridgehead atoms. The van der Waals surface area contributed by atoms with Gasteiger partial charge in [0.25, 0.3) is 5.91 Å². The third kappa shape index (κ3) is 6.29. The number of aromatic nitrogens is 4. The number of aliphatic hydroxyl groups excluding tert-OH is 2. The topological polar surface area (TPSA) is 187 Å². The number of nitrogens with one attached hydrogen (secondary N) is 2. The first-order valence-electron chi connectivity index (χ1n) is 12.3. The highest BCUT2D eigenvalue weighted by atomic mass is 16.6. The van der Waals surface area contributed by atoms with Gasteiger partial charge in [-0.2, -0.15) is 0 Å². The van der Waals surface area contributed by atoms with E-state index in [1.807, 2.05) is 0 Å². The molecule has 204 valence electrons. The zero-order valence-electron chi connectivity index (χ0n) is 21.5. The second kappa shape index (κ2) is 11.2. The normalized spacial score (nSPS) is 21.3. The molecule has 2 aromatic heterocycles. The van der Waals surface area contributed by atoms with E-state index in [1.165, 1.54) is 12.7 Å². The fourth-order valence-electron chi connectivity index (χ4n) is 4.26. The molecular formula is C25H33N7O6. The minimum absolute atomic E-state index is 0.219. The Bertz CT molecular complexity index is 1270. The Labute approximate surface area is 219 Å². The molecule has 0 radical (unpaired) electrons. The Hall–Kier alpha value is -3.97. The fourth-order valence-corrected chi connectivity index (χ4v) is 4.26. The van der Waals surface area contributed by atoms with Crippen LogP contribution in [0.3, 0.4) is 0 Å². The number of hydrogen-bond acceptors (Lipinski definition) is 10. The maximum Gasteiger partial charge on any atom is 0.407 e. The number of amides is 2. The number of carbonyl (C=O) groups excluding carboxylic acids is 2. The SMILES string of the molecule is CC(C)(C)OC(=O)NCCCOc1ccc(C(=O)N[C@@H]2C[C@H](n3cnc4c(N)ncnc43)[C@H](O)[C@@H]2O)cc1. The Balaban J connectivity index is 1.27. The van der Waals surface area contributed by atoms with Gasteiger partial charge in [0.1, 0.15) is 35.4 Å². The Kier molecular flexibility index (Phi) is 7.97. The third-order valence-electron chi connectivity index (χ3n) is 6.09. The summed E-state index contributed by atoms with van der Waals surface area (Å²) in [6.07, 6.45) is 0.842. The van der Waals surface area contributed by atoms with Gasteiger partial charge < -0.3 is 40.6 Å². The molecule has 0 saturated heterocycles. The van der Waals surface area contributed by atoms with Crippen molar-refractivity contribution in [1.29, 1.82) is 0 Å².